The number of nitrogens with two attached hydrogens (primary N) is 3. The predicted molar refractivity (Wildman–Crippen MR) is 154 cm³/mol. The van der Waals surface area contributed by atoms with Gasteiger partial charge in [0.1, 0.15) is 6.04 Å². The summed E-state index contributed by atoms with van der Waals surface area (Å²) in [5.41, 5.74) is 19.3. The van der Waals surface area contributed by atoms with Crippen molar-refractivity contribution in [3.63, 3.8) is 0 Å². The van der Waals surface area contributed by atoms with Crippen LogP contribution in [0.1, 0.15) is 57.8 Å². The Morgan fingerprint density at radius 3 is 2.45 bits per heavy atom. The molecule has 9 heteroatoms. The number of likely N-dealkylation sites (N-methyl/N-ethyl adjacent to an activating group) is 1. The highest BCUT2D eigenvalue weighted by molar-refractivity contribution is 5.98. The zero-order chi connectivity index (χ0) is 27.4. The molecule has 3 rings (SSSR count). The van der Waals surface area contributed by atoms with Crippen LogP contribution >= 0.6 is 0 Å². The van der Waals surface area contributed by atoms with E-state index in [0.717, 1.165) is 47.9 Å². The molecule has 8 N–H and O–H groups in total. The molecule has 0 aliphatic heterocycles. The molecule has 2 atom stereocenters. The first-order valence-electron chi connectivity index (χ1n) is 14.3. The average molecular weight is 527 g/mol. The normalized spacial score (nSPS) is 16.2. The number of pyridine rings is 1. The van der Waals surface area contributed by atoms with Crippen LogP contribution in [-0.2, 0) is 9.59 Å². The van der Waals surface area contributed by atoms with Gasteiger partial charge in [-0.25, -0.2) is 0 Å². The number of carbonyl (C=O) groups is 2. The van der Waals surface area contributed by atoms with Gasteiger partial charge in [0.05, 0.1) is 50.1 Å². The van der Waals surface area contributed by atoms with Gasteiger partial charge < -0.3 is 32.3 Å². The molecule has 0 spiro atoms. The molecule has 1 unspecified atom stereocenters. The number of carbonyl (C=O) groups excluding carboxylic acids is 2. The Morgan fingerprint density at radius 1 is 1.03 bits per heavy atom. The van der Waals surface area contributed by atoms with E-state index >= 15 is 0 Å². The number of nitrogens with one attached hydrogen (secondary N) is 2. The van der Waals surface area contributed by atoms with Crippen molar-refractivity contribution < 1.29 is 14.1 Å². The van der Waals surface area contributed by atoms with Crippen molar-refractivity contribution in [1.29, 1.82) is 0 Å². The Bertz CT molecular complexity index is 1020. The van der Waals surface area contributed by atoms with Gasteiger partial charge in [0.2, 0.25) is 11.8 Å². The van der Waals surface area contributed by atoms with Gasteiger partial charge in [0, 0.05) is 18.5 Å². The second-order valence-corrected chi connectivity index (χ2v) is 11.2. The van der Waals surface area contributed by atoms with Crippen molar-refractivity contribution in [2.24, 2.45) is 23.1 Å². The molecule has 0 radical (unpaired) electrons. The zero-order valence-corrected chi connectivity index (χ0v) is 23.0. The van der Waals surface area contributed by atoms with Crippen LogP contribution in [0.25, 0.3) is 10.9 Å². The lowest BCUT2D eigenvalue weighted by atomic mass is 9.85. The van der Waals surface area contributed by atoms with Crippen molar-refractivity contribution >= 4 is 28.4 Å². The van der Waals surface area contributed by atoms with E-state index in [1.54, 1.807) is 6.20 Å². The topological polar surface area (TPSA) is 149 Å². The minimum Gasteiger partial charge on any atom is -0.343 e. The maximum absolute atomic E-state index is 13.3. The number of aromatic nitrogens is 1. The summed E-state index contributed by atoms with van der Waals surface area (Å²) in [6, 6.07) is 8.36. The fourth-order valence-electron chi connectivity index (χ4n) is 5.58. The highest BCUT2D eigenvalue weighted by Gasteiger charge is 2.27. The van der Waals surface area contributed by atoms with E-state index < -0.39 is 12.1 Å². The number of hydrogen-bond donors (Lipinski definition) is 5. The van der Waals surface area contributed by atoms with E-state index in [-0.39, 0.29) is 11.8 Å². The summed E-state index contributed by atoms with van der Waals surface area (Å²) < 4.78 is 0.771. The van der Waals surface area contributed by atoms with Gasteiger partial charge in [-0.15, -0.1) is 0 Å². The van der Waals surface area contributed by atoms with Gasteiger partial charge in [-0.05, 0) is 43.7 Å². The monoisotopic (exact) mass is 526 g/mol. The minimum absolute atomic E-state index is 0.228. The molecular formula is C29H48N7O2+. The molecule has 2 aromatic rings. The summed E-state index contributed by atoms with van der Waals surface area (Å²) in [6.45, 7) is 3.72. The first-order valence-corrected chi connectivity index (χ1v) is 14.3. The van der Waals surface area contributed by atoms with Crippen molar-refractivity contribution in [3.05, 3.63) is 36.5 Å². The number of fused-ring (bicyclic) bond motifs is 1. The third kappa shape index (κ3) is 9.31. The Balaban J connectivity index is 1.60. The average Bonchev–Trinajstić information content (AvgIpc) is 2.91. The number of rotatable bonds is 15. The Labute approximate surface area is 227 Å². The van der Waals surface area contributed by atoms with Crippen LogP contribution in [0.3, 0.4) is 0 Å². The number of para-hydroxylation sites is 1. The van der Waals surface area contributed by atoms with Crippen LogP contribution in [0.15, 0.2) is 36.5 Å². The zero-order valence-electron chi connectivity index (χ0n) is 23.0. The lowest BCUT2D eigenvalue weighted by molar-refractivity contribution is -0.907. The summed E-state index contributed by atoms with van der Waals surface area (Å²) in [4.78, 5) is 30.9. The van der Waals surface area contributed by atoms with Crippen molar-refractivity contribution in [2.45, 2.75) is 69.9 Å². The van der Waals surface area contributed by atoms with Crippen LogP contribution in [0.5, 0.6) is 0 Å². The van der Waals surface area contributed by atoms with E-state index in [1.165, 1.54) is 32.1 Å². The molecular weight excluding hydrogens is 478 g/mol. The number of anilines is 1. The minimum atomic E-state index is -0.675. The number of quaternary nitrogens is 1. The highest BCUT2D eigenvalue weighted by atomic mass is 16.2. The molecule has 1 aliphatic rings. The first kappa shape index (κ1) is 30.0. The second kappa shape index (κ2) is 15.1. The maximum atomic E-state index is 13.3. The first-order chi connectivity index (χ1) is 18.3. The largest absolute Gasteiger partial charge is 0.343 e. The molecule has 1 aromatic heterocycles. The van der Waals surface area contributed by atoms with Gasteiger partial charge in [-0.1, -0.05) is 50.3 Å². The van der Waals surface area contributed by atoms with Crippen LogP contribution < -0.4 is 27.8 Å². The molecule has 210 valence electrons. The second-order valence-electron chi connectivity index (χ2n) is 11.2. The molecule has 0 saturated heterocycles. The predicted octanol–water partition coefficient (Wildman–Crippen LogP) is 2.49. The number of nitrogens with zero attached hydrogens (tertiary/aromatic N) is 2. The SMILES string of the molecule is C[N+](CCN)(CCN)CCCC(N)C(=O)N[C@H](CCC1CCCCC1)C(=O)Nc1cnc2ccccc2c1. The van der Waals surface area contributed by atoms with Gasteiger partial charge >= 0.3 is 0 Å². The summed E-state index contributed by atoms with van der Waals surface area (Å²) in [5.74, 6) is 0.0957. The van der Waals surface area contributed by atoms with E-state index in [2.05, 4.69) is 22.7 Å². The maximum Gasteiger partial charge on any atom is 0.246 e. The van der Waals surface area contributed by atoms with E-state index in [4.69, 9.17) is 17.2 Å². The number of amides is 2. The molecule has 2 amide bonds. The molecule has 38 heavy (non-hydrogen) atoms. The Kier molecular flexibility index (Phi) is 11.9. The molecule has 1 saturated carbocycles. The van der Waals surface area contributed by atoms with Gasteiger partial charge in [0.15, 0.2) is 0 Å². The van der Waals surface area contributed by atoms with Crippen molar-refractivity contribution in [1.82, 2.24) is 10.3 Å². The Hall–Kier alpha value is -2.59. The molecule has 1 fully saturated rings. The fraction of sp³-hybridized carbons (Fsp3) is 0.621. The highest BCUT2D eigenvalue weighted by Crippen LogP contribution is 2.28. The summed E-state index contributed by atoms with van der Waals surface area (Å²) in [7, 11) is 2.14. The van der Waals surface area contributed by atoms with Crippen LogP contribution in [0.4, 0.5) is 5.69 Å². The smallest absolute Gasteiger partial charge is 0.246 e. The molecule has 1 aliphatic carbocycles. The Morgan fingerprint density at radius 2 is 1.74 bits per heavy atom. The molecule has 1 heterocycles. The van der Waals surface area contributed by atoms with Crippen LogP contribution in [-0.4, -0.2) is 73.1 Å². The third-order valence-electron chi connectivity index (χ3n) is 7.97. The fourth-order valence-corrected chi connectivity index (χ4v) is 5.58. The molecule has 0 bridgehead atoms. The summed E-state index contributed by atoms with van der Waals surface area (Å²) in [5, 5.41) is 6.89. The van der Waals surface area contributed by atoms with Crippen molar-refractivity contribution in [2.75, 3.05) is 45.1 Å². The number of hydrogen-bond acceptors (Lipinski definition) is 6. The van der Waals surface area contributed by atoms with Gasteiger partial charge in [-0.3, -0.25) is 14.6 Å². The van der Waals surface area contributed by atoms with E-state index in [0.29, 0.717) is 37.5 Å². The third-order valence-corrected chi connectivity index (χ3v) is 7.97. The van der Waals surface area contributed by atoms with Gasteiger partial charge in [-0.2, -0.15) is 0 Å². The molecule has 1 aromatic carbocycles. The number of benzene rings is 1. The van der Waals surface area contributed by atoms with E-state index in [1.807, 2.05) is 30.3 Å². The van der Waals surface area contributed by atoms with Crippen LogP contribution in [0.2, 0.25) is 0 Å². The van der Waals surface area contributed by atoms with Gasteiger partial charge in [0.25, 0.3) is 0 Å². The molecule has 9 nitrogen and oxygen atoms in total. The van der Waals surface area contributed by atoms with Crippen molar-refractivity contribution in [3.8, 4) is 0 Å². The van der Waals surface area contributed by atoms with E-state index in [9.17, 15) is 9.59 Å². The summed E-state index contributed by atoms with van der Waals surface area (Å²) >= 11 is 0. The standard InChI is InChI=1S/C29H47N7O2/c1-36(18-15-30,19-16-31)17-7-11-25(32)28(37)35-27(14-13-22-8-3-2-4-9-22)29(38)34-24-20-23-10-5-6-12-26(23)33-21-24/h5-6,10,12,20-22,25,27H,2-4,7-9,11,13-19,30-32H2,1H3,(H-,34,35,37,38)/p+1/t25?,27-/m1/s1. The lowest BCUT2D eigenvalue weighted by Crippen LogP contribution is -2.52. The quantitative estimate of drug-likeness (QED) is 0.225. The lowest BCUT2D eigenvalue weighted by Gasteiger charge is -2.34. The summed E-state index contributed by atoms with van der Waals surface area (Å²) in [6.07, 6.45) is 10.7. The van der Waals surface area contributed by atoms with Crippen LogP contribution in [0, 0.1) is 5.92 Å².